The Morgan fingerprint density at radius 1 is 1.47 bits per heavy atom. The third-order valence-electron chi connectivity index (χ3n) is 3.89. The highest BCUT2D eigenvalue weighted by Crippen LogP contribution is 2.20. The number of nitrogens with two attached hydrogens (primary N) is 1. The van der Waals surface area contributed by atoms with E-state index < -0.39 is 11.9 Å². The largest absolute Gasteiger partial charge is 0.368 e. The maximum atomic E-state index is 12.5. The first-order valence-corrected chi connectivity index (χ1v) is 6.51. The van der Waals surface area contributed by atoms with Crippen LogP contribution in [0.25, 0.3) is 0 Å². The molecule has 2 aliphatic rings. The van der Waals surface area contributed by atoms with Crippen molar-refractivity contribution >= 4 is 11.8 Å². The van der Waals surface area contributed by atoms with Crippen molar-refractivity contribution in [2.75, 3.05) is 6.54 Å². The van der Waals surface area contributed by atoms with Crippen LogP contribution in [0.5, 0.6) is 0 Å². The van der Waals surface area contributed by atoms with Crippen LogP contribution < -0.4 is 11.1 Å². The average Bonchev–Trinajstić information content (AvgIpc) is 3.05. The molecule has 0 aromatic carbocycles. The lowest BCUT2D eigenvalue weighted by Gasteiger charge is -2.29. The van der Waals surface area contributed by atoms with Gasteiger partial charge in [0, 0.05) is 19.5 Å². The number of nitrogens with one attached hydrogen (secondary N) is 2. The molecule has 7 nitrogen and oxygen atoms in total. The summed E-state index contributed by atoms with van der Waals surface area (Å²) < 4.78 is 0. The molecule has 0 aliphatic carbocycles. The van der Waals surface area contributed by atoms with E-state index in [9.17, 15) is 9.59 Å². The molecule has 1 saturated heterocycles. The summed E-state index contributed by atoms with van der Waals surface area (Å²) >= 11 is 0. The topological polar surface area (TPSA) is 104 Å². The minimum Gasteiger partial charge on any atom is -0.368 e. The highest BCUT2D eigenvalue weighted by atomic mass is 16.2. The van der Waals surface area contributed by atoms with E-state index in [0.717, 1.165) is 17.8 Å². The molecule has 7 heteroatoms. The quantitative estimate of drug-likeness (QED) is 0.630. The molecule has 3 rings (SSSR count). The van der Waals surface area contributed by atoms with Crippen molar-refractivity contribution in [1.29, 1.82) is 0 Å². The molecular formula is C12H17N5O2. The van der Waals surface area contributed by atoms with E-state index in [0.29, 0.717) is 25.9 Å². The molecule has 2 aliphatic heterocycles. The summed E-state index contributed by atoms with van der Waals surface area (Å²) in [6, 6.07) is -0.759. The molecule has 0 spiro atoms. The number of aromatic amines is 1. The van der Waals surface area contributed by atoms with E-state index in [1.165, 1.54) is 0 Å². The van der Waals surface area contributed by atoms with E-state index in [-0.39, 0.29) is 11.9 Å². The molecule has 2 amide bonds. The number of imidazole rings is 1. The highest BCUT2D eigenvalue weighted by molar-refractivity contribution is 5.89. The van der Waals surface area contributed by atoms with Crippen molar-refractivity contribution in [3.63, 3.8) is 0 Å². The SMILES string of the molecule is NC(=O)C1CCCN1C(=O)C1Cc2nc[nH]c2CN1. The van der Waals surface area contributed by atoms with E-state index in [4.69, 9.17) is 5.73 Å². The summed E-state index contributed by atoms with van der Waals surface area (Å²) in [4.78, 5) is 32.7. The minimum absolute atomic E-state index is 0.0463. The van der Waals surface area contributed by atoms with Gasteiger partial charge in [-0.15, -0.1) is 0 Å². The molecule has 3 heterocycles. The third-order valence-corrected chi connectivity index (χ3v) is 3.89. The summed E-state index contributed by atoms with van der Waals surface area (Å²) in [7, 11) is 0. The van der Waals surface area contributed by atoms with E-state index in [1.54, 1.807) is 11.2 Å². The third kappa shape index (κ3) is 2.10. The summed E-state index contributed by atoms with van der Waals surface area (Å²) in [5, 5.41) is 3.18. The van der Waals surface area contributed by atoms with Crippen LogP contribution in [-0.4, -0.2) is 45.3 Å². The number of carbonyl (C=O) groups is 2. The first kappa shape index (κ1) is 12.2. The number of fused-ring (bicyclic) bond motifs is 1. The second-order valence-corrected chi connectivity index (χ2v) is 5.06. The van der Waals surface area contributed by atoms with Gasteiger partial charge < -0.3 is 15.6 Å². The number of aromatic nitrogens is 2. The molecule has 19 heavy (non-hydrogen) atoms. The maximum absolute atomic E-state index is 12.5. The van der Waals surface area contributed by atoms with Crippen LogP contribution >= 0.6 is 0 Å². The first-order valence-electron chi connectivity index (χ1n) is 6.51. The normalized spacial score (nSPS) is 26.2. The van der Waals surface area contributed by atoms with Crippen LogP contribution in [0.2, 0.25) is 0 Å². The predicted molar refractivity (Wildman–Crippen MR) is 66.8 cm³/mol. The molecule has 1 aromatic rings. The van der Waals surface area contributed by atoms with Crippen molar-refractivity contribution in [2.45, 2.75) is 37.9 Å². The summed E-state index contributed by atoms with van der Waals surface area (Å²) in [6.07, 6.45) is 3.70. The Morgan fingerprint density at radius 2 is 2.32 bits per heavy atom. The van der Waals surface area contributed by atoms with Crippen LogP contribution in [-0.2, 0) is 22.6 Å². The van der Waals surface area contributed by atoms with Gasteiger partial charge in [-0.2, -0.15) is 0 Å². The Labute approximate surface area is 110 Å². The van der Waals surface area contributed by atoms with Gasteiger partial charge in [-0.05, 0) is 12.8 Å². The predicted octanol–water partition coefficient (Wildman–Crippen LogP) is -1.10. The van der Waals surface area contributed by atoms with Crippen molar-refractivity contribution in [3.8, 4) is 0 Å². The Hall–Kier alpha value is -1.89. The summed E-state index contributed by atoms with van der Waals surface area (Å²) in [5.74, 6) is -0.461. The molecule has 2 atom stereocenters. The van der Waals surface area contributed by atoms with Crippen LogP contribution in [0.15, 0.2) is 6.33 Å². The van der Waals surface area contributed by atoms with Crippen LogP contribution in [0.4, 0.5) is 0 Å². The zero-order valence-electron chi connectivity index (χ0n) is 10.6. The number of rotatable bonds is 2. The molecule has 1 aromatic heterocycles. The lowest BCUT2D eigenvalue weighted by Crippen LogP contribution is -2.53. The van der Waals surface area contributed by atoms with Gasteiger partial charge in [-0.25, -0.2) is 4.98 Å². The van der Waals surface area contributed by atoms with Crippen LogP contribution in [0, 0.1) is 0 Å². The lowest BCUT2D eigenvalue weighted by molar-refractivity contribution is -0.139. The van der Waals surface area contributed by atoms with Gasteiger partial charge in [0.2, 0.25) is 11.8 Å². The smallest absolute Gasteiger partial charge is 0.240 e. The fourth-order valence-corrected chi connectivity index (χ4v) is 2.87. The molecule has 4 N–H and O–H groups in total. The second kappa shape index (κ2) is 4.65. The van der Waals surface area contributed by atoms with E-state index in [2.05, 4.69) is 15.3 Å². The fraction of sp³-hybridized carbons (Fsp3) is 0.583. The van der Waals surface area contributed by atoms with E-state index >= 15 is 0 Å². The lowest BCUT2D eigenvalue weighted by atomic mass is 10.0. The van der Waals surface area contributed by atoms with Crippen molar-refractivity contribution in [3.05, 3.63) is 17.7 Å². The van der Waals surface area contributed by atoms with Gasteiger partial charge in [0.05, 0.1) is 23.8 Å². The van der Waals surface area contributed by atoms with Crippen molar-refractivity contribution in [1.82, 2.24) is 20.2 Å². The number of primary amides is 1. The molecule has 0 saturated carbocycles. The maximum Gasteiger partial charge on any atom is 0.240 e. The zero-order chi connectivity index (χ0) is 13.4. The van der Waals surface area contributed by atoms with Crippen molar-refractivity contribution < 1.29 is 9.59 Å². The van der Waals surface area contributed by atoms with Gasteiger partial charge in [-0.3, -0.25) is 14.9 Å². The average molecular weight is 263 g/mol. The number of hydrogen-bond acceptors (Lipinski definition) is 4. The molecule has 0 bridgehead atoms. The van der Waals surface area contributed by atoms with Gasteiger partial charge in [-0.1, -0.05) is 0 Å². The minimum atomic E-state index is -0.449. The number of carbonyl (C=O) groups excluding carboxylic acids is 2. The van der Waals surface area contributed by atoms with Crippen molar-refractivity contribution in [2.24, 2.45) is 5.73 Å². The van der Waals surface area contributed by atoms with Gasteiger partial charge in [0.1, 0.15) is 6.04 Å². The zero-order valence-corrected chi connectivity index (χ0v) is 10.6. The molecule has 2 unspecified atom stereocenters. The molecule has 0 radical (unpaired) electrons. The second-order valence-electron chi connectivity index (χ2n) is 5.06. The Kier molecular flexibility index (Phi) is 2.98. The molecule has 102 valence electrons. The molecule has 1 fully saturated rings. The monoisotopic (exact) mass is 263 g/mol. The van der Waals surface area contributed by atoms with Gasteiger partial charge in [0.25, 0.3) is 0 Å². The Bertz CT molecular complexity index is 512. The fourth-order valence-electron chi connectivity index (χ4n) is 2.87. The highest BCUT2D eigenvalue weighted by Gasteiger charge is 2.37. The molecular weight excluding hydrogens is 246 g/mol. The number of likely N-dealkylation sites (tertiary alicyclic amines) is 1. The summed E-state index contributed by atoms with van der Waals surface area (Å²) in [5.41, 5.74) is 7.29. The Balaban J connectivity index is 1.73. The number of hydrogen-bond donors (Lipinski definition) is 3. The van der Waals surface area contributed by atoms with Gasteiger partial charge in [0.15, 0.2) is 0 Å². The number of amides is 2. The summed E-state index contributed by atoms with van der Waals surface area (Å²) in [6.45, 7) is 1.21. The standard InChI is InChI=1S/C12H17N5O2/c13-11(18)10-2-1-3-17(10)12(19)8-4-7-9(5-14-8)16-6-15-7/h6,8,10,14H,1-5H2,(H2,13,18)(H,15,16). The van der Waals surface area contributed by atoms with Crippen LogP contribution in [0.3, 0.4) is 0 Å². The first-order chi connectivity index (χ1) is 9.16. The Morgan fingerprint density at radius 3 is 3.11 bits per heavy atom. The number of nitrogens with zero attached hydrogens (tertiary/aromatic N) is 2. The van der Waals surface area contributed by atoms with Gasteiger partial charge >= 0.3 is 0 Å². The number of H-pyrrole nitrogens is 1. The van der Waals surface area contributed by atoms with Crippen LogP contribution in [0.1, 0.15) is 24.2 Å². The van der Waals surface area contributed by atoms with E-state index in [1.807, 2.05) is 0 Å².